The molecule has 2 nitrogen and oxygen atoms in total. The summed E-state index contributed by atoms with van der Waals surface area (Å²) in [4.78, 5) is 5.22. The summed E-state index contributed by atoms with van der Waals surface area (Å²) in [5.41, 5.74) is 0.526. The van der Waals surface area contributed by atoms with Crippen LogP contribution in [0.25, 0.3) is 0 Å². The highest BCUT2D eigenvalue weighted by Crippen LogP contribution is 2.32. The maximum atomic E-state index is 2.76. The van der Waals surface area contributed by atoms with Crippen LogP contribution in [0.5, 0.6) is 0 Å². The third-order valence-electron chi connectivity index (χ3n) is 4.45. The number of piperazine rings is 1. The summed E-state index contributed by atoms with van der Waals surface area (Å²) in [6.07, 6.45) is 8.67. The van der Waals surface area contributed by atoms with Gasteiger partial charge in [-0.2, -0.15) is 0 Å². The molecule has 15 heavy (non-hydrogen) atoms. The van der Waals surface area contributed by atoms with Gasteiger partial charge in [0.1, 0.15) is 0 Å². The van der Waals surface area contributed by atoms with Crippen LogP contribution in [0.2, 0.25) is 0 Å². The zero-order valence-corrected chi connectivity index (χ0v) is 10.5. The number of likely N-dealkylation sites (N-methyl/N-ethyl adjacent to an activating group) is 1. The zero-order chi connectivity index (χ0) is 10.7. The minimum Gasteiger partial charge on any atom is -0.304 e. The molecule has 0 radical (unpaired) electrons. The molecule has 0 aromatic carbocycles. The number of rotatable bonds is 1. The van der Waals surface area contributed by atoms with E-state index in [1.807, 2.05) is 0 Å². The molecule has 2 fully saturated rings. The predicted molar refractivity (Wildman–Crippen MR) is 65.2 cm³/mol. The Hall–Kier alpha value is -0.0800. The first-order valence-electron chi connectivity index (χ1n) is 6.64. The van der Waals surface area contributed by atoms with Crippen molar-refractivity contribution in [3.8, 4) is 0 Å². The predicted octanol–water partition coefficient (Wildman–Crippen LogP) is 2.35. The monoisotopic (exact) mass is 210 g/mol. The van der Waals surface area contributed by atoms with E-state index < -0.39 is 0 Å². The van der Waals surface area contributed by atoms with Gasteiger partial charge in [0, 0.05) is 31.7 Å². The maximum absolute atomic E-state index is 2.76. The van der Waals surface area contributed by atoms with Crippen LogP contribution < -0.4 is 0 Å². The molecule has 0 bridgehead atoms. The highest BCUT2D eigenvalue weighted by atomic mass is 15.3. The summed E-state index contributed by atoms with van der Waals surface area (Å²) in [6, 6.07) is 0. The largest absolute Gasteiger partial charge is 0.304 e. The van der Waals surface area contributed by atoms with Gasteiger partial charge in [0.05, 0.1) is 0 Å². The van der Waals surface area contributed by atoms with Gasteiger partial charge < -0.3 is 4.90 Å². The van der Waals surface area contributed by atoms with E-state index in [4.69, 9.17) is 0 Å². The van der Waals surface area contributed by atoms with Crippen LogP contribution in [0.15, 0.2) is 0 Å². The number of nitrogens with zero attached hydrogens (tertiary/aromatic N) is 2. The van der Waals surface area contributed by atoms with E-state index in [9.17, 15) is 0 Å². The molecule has 0 amide bonds. The molecule has 1 aliphatic heterocycles. The molecule has 2 aliphatic rings. The van der Waals surface area contributed by atoms with E-state index >= 15 is 0 Å². The standard InChI is InChI=1S/C13H26N2/c1-13(7-5-3-4-6-8-13)15-11-9-14(2)10-12-15/h3-12H2,1-2H3. The van der Waals surface area contributed by atoms with Crippen LogP contribution in [-0.4, -0.2) is 48.6 Å². The van der Waals surface area contributed by atoms with Crippen LogP contribution >= 0.6 is 0 Å². The lowest BCUT2D eigenvalue weighted by Gasteiger charge is -2.45. The quantitative estimate of drug-likeness (QED) is 0.613. The molecule has 1 heterocycles. The van der Waals surface area contributed by atoms with Crippen LogP contribution in [0.3, 0.4) is 0 Å². The lowest BCUT2D eigenvalue weighted by molar-refractivity contribution is 0.0406. The summed E-state index contributed by atoms with van der Waals surface area (Å²) < 4.78 is 0. The second-order valence-electron chi connectivity index (χ2n) is 5.70. The van der Waals surface area contributed by atoms with Crippen molar-refractivity contribution in [2.75, 3.05) is 33.2 Å². The molecular formula is C13H26N2. The number of hydrogen-bond donors (Lipinski definition) is 0. The number of hydrogen-bond acceptors (Lipinski definition) is 2. The molecule has 0 N–H and O–H groups in total. The van der Waals surface area contributed by atoms with Gasteiger partial charge in [-0.1, -0.05) is 25.7 Å². The van der Waals surface area contributed by atoms with Crippen LogP contribution in [0, 0.1) is 0 Å². The second-order valence-corrected chi connectivity index (χ2v) is 5.70. The van der Waals surface area contributed by atoms with Gasteiger partial charge in [-0.25, -0.2) is 0 Å². The normalized spacial score (nSPS) is 30.0. The Bertz CT molecular complexity index is 187. The summed E-state index contributed by atoms with van der Waals surface area (Å²) in [6.45, 7) is 7.59. The van der Waals surface area contributed by atoms with Gasteiger partial charge in [-0.05, 0) is 26.8 Å². The maximum Gasteiger partial charge on any atom is 0.0182 e. The fourth-order valence-corrected chi connectivity index (χ4v) is 3.15. The van der Waals surface area contributed by atoms with Crippen molar-refractivity contribution in [3.63, 3.8) is 0 Å². The molecule has 1 saturated heterocycles. The van der Waals surface area contributed by atoms with Crippen molar-refractivity contribution >= 4 is 0 Å². The Kier molecular flexibility index (Phi) is 3.68. The summed E-state index contributed by atoms with van der Waals surface area (Å²) >= 11 is 0. The van der Waals surface area contributed by atoms with Crippen molar-refractivity contribution in [2.45, 2.75) is 51.0 Å². The fourth-order valence-electron chi connectivity index (χ4n) is 3.15. The Morgan fingerprint density at radius 3 is 1.87 bits per heavy atom. The van der Waals surface area contributed by atoms with E-state index in [0.29, 0.717) is 5.54 Å². The van der Waals surface area contributed by atoms with Crippen LogP contribution in [-0.2, 0) is 0 Å². The molecule has 88 valence electrons. The topological polar surface area (TPSA) is 6.48 Å². The average Bonchev–Trinajstić information content (AvgIpc) is 2.45. The van der Waals surface area contributed by atoms with Gasteiger partial charge in [0.2, 0.25) is 0 Å². The molecule has 2 rings (SSSR count). The Morgan fingerprint density at radius 1 is 0.800 bits per heavy atom. The molecular weight excluding hydrogens is 184 g/mol. The second kappa shape index (κ2) is 4.84. The minimum atomic E-state index is 0.526. The molecule has 0 spiro atoms. The van der Waals surface area contributed by atoms with Gasteiger partial charge in [0.15, 0.2) is 0 Å². The van der Waals surface area contributed by atoms with Crippen molar-refractivity contribution in [2.24, 2.45) is 0 Å². The lowest BCUT2D eigenvalue weighted by atomic mass is 9.90. The van der Waals surface area contributed by atoms with E-state index in [1.165, 1.54) is 64.7 Å². The third kappa shape index (κ3) is 2.73. The molecule has 2 heteroatoms. The SMILES string of the molecule is CN1CCN(C2(C)CCCCCC2)CC1. The minimum absolute atomic E-state index is 0.526. The smallest absolute Gasteiger partial charge is 0.0182 e. The van der Waals surface area contributed by atoms with Gasteiger partial charge in [-0.15, -0.1) is 0 Å². The first-order chi connectivity index (χ1) is 7.21. The Labute approximate surface area is 94.6 Å². The highest BCUT2D eigenvalue weighted by Gasteiger charge is 2.33. The average molecular weight is 210 g/mol. The Balaban J connectivity index is 1.94. The molecule has 0 atom stereocenters. The molecule has 0 aromatic heterocycles. The van der Waals surface area contributed by atoms with Crippen LogP contribution in [0.4, 0.5) is 0 Å². The van der Waals surface area contributed by atoms with Crippen molar-refractivity contribution in [1.82, 2.24) is 9.80 Å². The van der Waals surface area contributed by atoms with Gasteiger partial charge >= 0.3 is 0 Å². The lowest BCUT2D eigenvalue weighted by Crippen LogP contribution is -2.54. The van der Waals surface area contributed by atoms with Crippen LogP contribution in [0.1, 0.15) is 45.4 Å². The highest BCUT2D eigenvalue weighted by molar-refractivity contribution is 4.90. The zero-order valence-electron chi connectivity index (χ0n) is 10.5. The first kappa shape index (κ1) is 11.4. The van der Waals surface area contributed by atoms with Crippen molar-refractivity contribution in [3.05, 3.63) is 0 Å². The van der Waals surface area contributed by atoms with Crippen molar-refractivity contribution in [1.29, 1.82) is 0 Å². The first-order valence-corrected chi connectivity index (χ1v) is 6.64. The van der Waals surface area contributed by atoms with E-state index in [1.54, 1.807) is 0 Å². The molecule has 0 aromatic rings. The summed E-state index contributed by atoms with van der Waals surface area (Å²) in [5, 5.41) is 0. The molecule has 0 unspecified atom stereocenters. The van der Waals surface area contributed by atoms with Crippen molar-refractivity contribution < 1.29 is 0 Å². The molecule has 1 aliphatic carbocycles. The van der Waals surface area contributed by atoms with Gasteiger partial charge in [-0.3, -0.25) is 4.90 Å². The van der Waals surface area contributed by atoms with E-state index in [2.05, 4.69) is 23.8 Å². The summed E-state index contributed by atoms with van der Waals surface area (Å²) in [7, 11) is 2.24. The third-order valence-corrected chi connectivity index (χ3v) is 4.45. The Morgan fingerprint density at radius 2 is 1.33 bits per heavy atom. The van der Waals surface area contributed by atoms with E-state index in [0.717, 1.165) is 0 Å². The fraction of sp³-hybridized carbons (Fsp3) is 1.00. The molecule has 1 saturated carbocycles. The van der Waals surface area contributed by atoms with Gasteiger partial charge in [0.25, 0.3) is 0 Å². The summed E-state index contributed by atoms with van der Waals surface area (Å²) in [5.74, 6) is 0. The van der Waals surface area contributed by atoms with E-state index in [-0.39, 0.29) is 0 Å².